The Bertz CT molecular complexity index is 224. The molecule has 0 unspecified atom stereocenters. The minimum atomic E-state index is 0.00957. The third-order valence-corrected chi connectivity index (χ3v) is 2.83. The first-order valence-corrected chi connectivity index (χ1v) is 6.51. The zero-order chi connectivity index (χ0) is 12.5. The summed E-state index contributed by atoms with van der Waals surface area (Å²) in [5, 5.41) is 6.20. The average molecular weight is 243 g/mol. The summed E-state index contributed by atoms with van der Waals surface area (Å²) < 4.78 is 5.61. The van der Waals surface area contributed by atoms with Gasteiger partial charge in [-0.15, -0.1) is 0 Å². The van der Waals surface area contributed by atoms with E-state index in [1.54, 1.807) is 0 Å². The van der Waals surface area contributed by atoms with Gasteiger partial charge in [0, 0.05) is 39.6 Å². The van der Waals surface area contributed by atoms with Gasteiger partial charge in [-0.2, -0.15) is 0 Å². The fourth-order valence-corrected chi connectivity index (χ4v) is 1.90. The van der Waals surface area contributed by atoms with E-state index in [9.17, 15) is 4.79 Å². The number of hydrogen-bond acceptors (Lipinski definition) is 4. The van der Waals surface area contributed by atoms with Gasteiger partial charge in [-0.25, -0.2) is 0 Å². The highest BCUT2D eigenvalue weighted by molar-refractivity contribution is 5.72. The van der Waals surface area contributed by atoms with E-state index in [0.717, 1.165) is 39.3 Å². The lowest BCUT2D eigenvalue weighted by molar-refractivity contribution is -0.120. The van der Waals surface area contributed by atoms with Crippen LogP contribution in [0.2, 0.25) is 0 Å². The number of ether oxygens (including phenoxy) is 1. The monoisotopic (exact) mass is 243 g/mol. The zero-order valence-electron chi connectivity index (χ0n) is 11.0. The van der Waals surface area contributed by atoms with Crippen LogP contribution in [0.4, 0.5) is 0 Å². The molecule has 0 bridgehead atoms. The summed E-state index contributed by atoms with van der Waals surface area (Å²) in [7, 11) is 0. The van der Waals surface area contributed by atoms with Crippen molar-refractivity contribution in [2.24, 2.45) is 0 Å². The predicted molar refractivity (Wildman–Crippen MR) is 68.0 cm³/mol. The van der Waals surface area contributed by atoms with Gasteiger partial charge in [-0.05, 0) is 13.0 Å². The molecule has 0 aliphatic carbocycles. The molecule has 0 aromatic rings. The van der Waals surface area contributed by atoms with Crippen molar-refractivity contribution in [3.8, 4) is 0 Å². The molecule has 0 aromatic carbocycles. The number of carbonyl (C=O) groups excluding carboxylic acids is 1. The molecule has 0 saturated carbocycles. The maximum Gasteiger partial charge on any atom is 0.216 e. The van der Waals surface area contributed by atoms with E-state index in [2.05, 4.69) is 22.5 Å². The van der Waals surface area contributed by atoms with Crippen LogP contribution in [-0.4, -0.2) is 62.8 Å². The Morgan fingerprint density at radius 1 is 1.47 bits per heavy atom. The molecule has 1 saturated heterocycles. The Morgan fingerprint density at radius 3 is 3.00 bits per heavy atom. The molecule has 1 amide bonds. The van der Waals surface area contributed by atoms with Gasteiger partial charge >= 0.3 is 0 Å². The Balaban J connectivity index is 2.12. The second-order valence-corrected chi connectivity index (χ2v) is 4.48. The second kappa shape index (κ2) is 8.44. The van der Waals surface area contributed by atoms with E-state index in [-0.39, 0.29) is 12.0 Å². The van der Waals surface area contributed by atoms with Gasteiger partial charge in [0.15, 0.2) is 0 Å². The van der Waals surface area contributed by atoms with Crippen molar-refractivity contribution in [3.63, 3.8) is 0 Å². The van der Waals surface area contributed by atoms with Crippen LogP contribution in [0.3, 0.4) is 0 Å². The maximum atomic E-state index is 10.8. The molecule has 0 spiro atoms. The SMILES string of the molecule is CCCNCCN1CCO[C@@H](CNC(C)=O)C1. The van der Waals surface area contributed by atoms with Crippen molar-refractivity contribution in [3.05, 3.63) is 0 Å². The van der Waals surface area contributed by atoms with E-state index < -0.39 is 0 Å². The first-order valence-electron chi connectivity index (χ1n) is 6.51. The van der Waals surface area contributed by atoms with Gasteiger partial charge in [0.25, 0.3) is 0 Å². The lowest BCUT2D eigenvalue weighted by Crippen LogP contribution is -2.48. The molecule has 1 aliphatic heterocycles. The van der Waals surface area contributed by atoms with Crippen LogP contribution >= 0.6 is 0 Å². The molecular weight excluding hydrogens is 218 g/mol. The third-order valence-electron chi connectivity index (χ3n) is 2.83. The fourth-order valence-electron chi connectivity index (χ4n) is 1.90. The van der Waals surface area contributed by atoms with Gasteiger partial charge in [0.05, 0.1) is 12.7 Å². The molecule has 1 heterocycles. The van der Waals surface area contributed by atoms with E-state index in [0.29, 0.717) is 6.54 Å². The van der Waals surface area contributed by atoms with Crippen molar-refractivity contribution < 1.29 is 9.53 Å². The summed E-state index contributed by atoms with van der Waals surface area (Å²) >= 11 is 0. The first-order chi connectivity index (χ1) is 8.22. The molecule has 1 rings (SSSR count). The molecule has 1 aliphatic rings. The van der Waals surface area contributed by atoms with Crippen LogP contribution in [-0.2, 0) is 9.53 Å². The van der Waals surface area contributed by atoms with Crippen LogP contribution in [0, 0.1) is 0 Å². The largest absolute Gasteiger partial charge is 0.374 e. The first kappa shape index (κ1) is 14.4. The van der Waals surface area contributed by atoms with E-state index in [1.165, 1.54) is 13.3 Å². The number of amides is 1. The normalized spacial score (nSPS) is 21.4. The molecule has 1 fully saturated rings. The second-order valence-electron chi connectivity index (χ2n) is 4.48. The van der Waals surface area contributed by atoms with Crippen molar-refractivity contribution in [1.29, 1.82) is 0 Å². The topological polar surface area (TPSA) is 53.6 Å². The Labute approximate surface area is 104 Å². The number of carbonyl (C=O) groups is 1. The van der Waals surface area contributed by atoms with Gasteiger partial charge < -0.3 is 15.4 Å². The van der Waals surface area contributed by atoms with Crippen LogP contribution in [0.25, 0.3) is 0 Å². The average Bonchev–Trinajstić information content (AvgIpc) is 2.33. The summed E-state index contributed by atoms with van der Waals surface area (Å²) in [6, 6.07) is 0. The summed E-state index contributed by atoms with van der Waals surface area (Å²) in [6.07, 6.45) is 1.31. The van der Waals surface area contributed by atoms with Crippen molar-refractivity contribution >= 4 is 5.91 Å². The number of hydrogen-bond donors (Lipinski definition) is 2. The molecule has 17 heavy (non-hydrogen) atoms. The lowest BCUT2D eigenvalue weighted by Gasteiger charge is -2.32. The molecule has 0 aromatic heterocycles. The van der Waals surface area contributed by atoms with Crippen LogP contribution < -0.4 is 10.6 Å². The van der Waals surface area contributed by atoms with Crippen molar-refractivity contribution in [2.45, 2.75) is 26.4 Å². The van der Waals surface area contributed by atoms with E-state index >= 15 is 0 Å². The summed E-state index contributed by atoms with van der Waals surface area (Å²) in [4.78, 5) is 13.2. The number of nitrogens with zero attached hydrogens (tertiary/aromatic N) is 1. The predicted octanol–water partition coefficient (Wildman–Crippen LogP) is -0.177. The minimum absolute atomic E-state index is 0.00957. The lowest BCUT2D eigenvalue weighted by atomic mass is 10.2. The fraction of sp³-hybridized carbons (Fsp3) is 0.917. The van der Waals surface area contributed by atoms with Crippen LogP contribution in [0.5, 0.6) is 0 Å². The van der Waals surface area contributed by atoms with E-state index in [4.69, 9.17) is 4.74 Å². The van der Waals surface area contributed by atoms with Gasteiger partial charge in [-0.3, -0.25) is 9.69 Å². The standard InChI is InChI=1S/C12H25N3O2/c1-3-4-13-5-6-15-7-8-17-12(10-15)9-14-11(2)16/h12-13H,3-10H2,1-2H3,(H,14,16)/t12-/m0/s1. The highest BCUT2D eigenvalue weighted by atomic mass is 16.5. The number of nitrogens with one attached hydrogen (secondary N) is 2. The Hall–Kier alpha value is -0.650. The highest BCUT2D eigenvalue weighted by Gasteiger charge is 2.19. The van der Waals surface area contributed by atoms with E-state index in [1.807, 2.05) is 0 Å². The molecule has 100 valence electrons. The number of morpholine rings is 1. The van der Waals surface area contributed by atoms with Gasteiger partial charge in [0.2, 0.25) is 5.91 Å². The molecule has 2 N–H and O–H groups in total. The van der Waals surface area contributed by atoms with Gasteiger partial charge in [0.1, 0.15) is 0 Å². The number of rotatable bonds is 7. The zero-order valence-corrected chi connectivity index (χ0v) is 11.0. The maximum absolute atomic E-state index is 10.8. The molecule has 1 atom stereocenters. The third kappa shape index (κ3) is 6.61. The molecule has 5 heteroatoms. The summed E-state index contributed by atoms with van der Waals surface area (Å²) in [5.74, 6) is 0.00957. The van der Waals surface area contributed by atoms with Crippen LogP contribution in [0.15, 0.2) is 0 Å². The minimum Gasteiger partial charge on any atom is -0.374 e. The Morgan fingerprint density at radius 2 is 2.29 bits per heavy atom. The molecular formula is C12H25N3O2. The van der Waals surface area contributed by atoms with Gasteiger partial charge in [-0.1, -0.05) is 6.92 Å². The quantitative estimate of drug-likeness (QED) is 0.609. The van der Waals surface area contributed by atoms with Crippen molar-refractivity contribution in [2.75, 3.05) is 45.9 Å². The molecule has 0 radical (unpaired) electrons. The highest BCUT2D eigenvalue weighted by Crippen LogP contribution is 2.03. The van der Waals surface area contributed by atoms with Crippen molar-refractivity contribution in [1.82, 2.24) is 15.5 Å². The molecule has 5 nitrogen and oxygen atoms in total. The summed E-state index contributed by atoms with van der Waals surface area (Å²) in [5.41, 5.74) is 0. The van der Waals surface area contributed by atoms with Crippen LogP contribution in [0.1, 0.15) is 20.3 Å². The Kier molecular flexibility index (Phi) is 7.16. The summed E-state index contributed by atoms with van der Waals surface area (Å²) in [6.45, 7) is 10.2. The smallest absolute Gasteiger partial charge is 0.216 e.